The van der Waals surface area contributed by atoms with Crippen LogP contribution in [0.2, 0.25) is 0 Å². The summed E-state index contributed by atoms with van der Waals surface area (Å²) in [5.41, 5.74) is 0.618. The van der Waals surface area contributed by atoms with Gasteiger partial charge in [-0.3, -0.25) is 9.59 Å². The molecule has 28 heavy (non-hydrogen) atoms. The summed E-state index contributed by atoms with van der Waals surface area (Å²) in [6, 6.07) is 12.2. The number of likely N-dealkylation sites (tertiary alicyclic amines) is 1. The molecule has 0 aromatic heterocycles. The molecule has 7 heteroatoms. The predicted molar refractivity (Wildman–Crippen MR) is 103 cm³/mol. The molecule has 2 amide bonds. The largest absolute Gasteiger partial charge is 0.457 e. The van der Waals surface area contributed by atoms with Crippen LogP contribution in [0.1, 0.15) is 19.3 Å². The van der Waals surface area contributed by atoms with Crippen molar-refractivity contribution in [1.29, 1.82) is 0 Å². The molecule has 3 rings (SSSR count). The second-order valence-electron chi connectivity index (χ2n) is 6.56. The Kier molecular flexibility index (Phi) is 6.60. The molecule has 1 aliphatic heterocycles. The number of amides is 2. The average molecular weight is 386 g/mol. The highest BCUT2D eigenvalue weighted by Crippen LogP contribution is 2.24. The van der Waals surface area contributed by atoms with E-state index in [4.69, 9.17) is 9.47 Å². The Morgan fingerprint density at radius 3 is 2.39 bits per heavy atom. The number of rotatable bonds is 7. The maximum atomic E-state index is 12.9. The molecule has 1 fully saturated rings. The van der Waals surface area contributed by atoms with E-state index in [2.05, 4.69) is 5.32 Å². The van der Waals surface area contributed by atoms with Gasteiger partial charge in [0.1, 0.15) is 23.4 Å². The summed E-state index contributed by atoms with van der Waals surface area (Å²) in [5.74, 6) is 0.501. The van der Waals surface area contributed by atoms with E-state index >= 15 is 0 Å². The quantitative estimate of drug-likeness (QED) is 0.790. The van der Waals surface area contributed by atoms with Crippen LogP contribution in [-0.4, -0.2) is 43.0 Å². The molecule has 1 unspecified atom stereocenters. The van der Waals surface area contributed by atoms with E-state index in [1.54, 1.807) is 48.4 Å². The Labute approximate surface area is 163 Å². The summed E-state index contributed by atoms with van der Waals surface area (Å²) in [6.07, 6.45) is 1.73. The summed E-state index contributed by atoms with van der Waals surface area (Å²) >= 11 is 0. The zero-order valence-electron chi connectivity index (χ0n) is 15.7. The van der Waals surface area contributed by atoms with E-state index in [0.29, 0.717) is 36.8 Å². The maximum Gasteiger partial charge on any atom is 0.247 e. The van der Waals surface area contributed by atoms with Gasteiger partial charge in [0.15, 0.2) is 0 Å². The minimum Gasteiger partial charge on any atom is -0.457 e. The zero-order valence-corrected chi connectivity index (χ0v) is 15.7. The van der Waals surface area contributed by atoms with Gasteiger partial charge in [-0.1, -0.05) is 0 Å². The number of methoxy groups -OCH3 is 1. The Bertz CT molecular complexity index is 808. The molecular formula is C21H23FN2O4. The molecular weight excluding hydrogens is 363 g/mol. The van der Waals surface area contributed by atoms with Crippen molar-refractivity contribution in [3.05, 3.63) is 54.3 Å². The maximum absolute atomic E-state index is 12.9. The fourth-order valence-electron chi connectivity index (χ4n) is 3.14. The minimum absolute atomic E-state index is 0.0671. The molecule has 148 valence electrons. The van der Waals surface area contributed by atoms with Gasteiger partial charge in [0.25, 0.3) is 0 Å². The Morgan fingerprint density at radius 2 is 1.75 bits per heavy atom. The molecule has 1 heterocycles. The van der Waals surface area contributed by atoms with Crippen molar-refractivity contribution in [2.45, 2.75) is 25.3 Å². The van der Waals surface area contributed by atoms with Crippen molar-refractivity contribution >= 4 is 17.5 Å². The first-order chi connectivity index (χ1) is 13.6. The number of anilines is 1. The topological polar surface area (TPSA) is 67.9 Å². The molecule has 6 nitrogen and oxygen atoms in total. The smallest absolute Gasteiger partial charge is 0.247 e. The number of nitrogens with zero attached hydrogens (tertiary/aromatic N) is 1. The summed E-state index contributed by atoms with van der Waals surface area (Å²) in [5, 5.41) is 2.85. The van der Waals surface area contributed by atoms with Crippen LogP contribution in [0.15, 0.2) is 48.5 Å². The van der Waals surface area contributed by atoms with E-state index < -0.39 is 6.04 Å². The molecule has 0 bridgehead atoms. The molecule has 1 aliphatic rings. The van der Waals surface area contributed by atoms with Crippen molar-refractivity contribution < 1.29 is 23.5 Å². The monoisotopic (exact) mass is 386 g/mol. The first-order valence-electron chi connectivity index (χ1n) is 9.19. The number of ether oxygens (including phenoxy) is 2. The highest BCUT2D eigenvalue weighted by molar-refractivity contribution is 5.97. The van der Waals surface area contributed by atoms with Crippen LogP contribution in [0.4, 0.5) is 10.1 Å². The Morgan fingerprint density at radius 1 is 1.11 bits per heavy atom. The van der Waals surface area contributed by atoms with Gasteiger partial charge in [-0.05, 0) is 61.4 Å². The number of carbonyl (C=O) groups is 2. The minimum atomic E-state index is -0.459. The van der Waals surface area contributed by atoms with Crippen LogP contribution in [0.25, 0.3) is 0 Å². The first-order valence-corrected chi connectivity index (χ1v) is 9.19. The van der Waals surface area contributed by atoms with Crippen LogP contribution in [0.3, 0.4) is 0 Å². The molecule has 2 aromatic rings. The fraction of sp³-hybridized carbons (Fsp3) is 0.333. The SMILES string of the molecule is COCCC(=O)N1CCCC1C(=O)Nc1ccc(Oc2ccc(F)cc2)cc1. The summed E-state index contributed by atoms with van der Waals surface area (Å²) in [6.45, 7) is 0.935. The molecule has 2 aromatic carbocycles. The lowest BCUT2D eigenvalue weighted by molar-refractivity contribution is -0.137. The van der Waals surface area contributed by atoms with Gasteiger partial charge >= 0.3 is 0 Å². The molecule has 0 saturated carbocycles. The molecule has 0 spiro atoms. The van der Waals surface area contributed by atoms with E-state index in [1.165, 1.54) is 12.1 Å². The number of hydrogen-bond acceptors (Lipinski definition) is 4. The number of nitrogens with one attached hydrogen (secondary N) is 1. The van der Waals surface area contributed by atoms with Crippen molar-refractivity contribution in [2.24, 2.45) is 0 Å². The van der Waals surface area contributed by atoms with Crippen molar-refractivity contribution in [2.75, 3.05) is 25.6 Å². The molecule has 0 aliphatic carbocycles. The highest BCUT2D eigenvalue weighted by atomic mass is 19.1. The normalized spacial score (nSPS) is 16.1. The van der Waals surface area contributed by atoms with Gasteiger partial charge < -0.3 is 19.7 Å². The third-order valence-corrected chi connectivity index (χ3v) is 4.57. The van der Waals surface area contributed by atoms with E-state index in [-0.39, 0.29) is 24.1 Å². The Hall–Kier alpha value is -2.93. The zero-order chi connectivity index (χ0) is 19.9. The van der Waals surface area contributed by atoms with Gasteiger partial charge in [-0.25, -0.2) is 4.39 Å². The summed E-state index contributed by atoms with van der Waals surface area (Å²) < 4.78 is 23.5. The third kappa shape index (κ3) is 5.07. The molecule has 0 radical (unpaired) electrons. The van der Waals surface area contributed by atoms with Crippen molar-refractivity contribution in [1.82, 2.24) is 4.90 Å². The lowest BCUT2D eigenvalue weighted by Gasteiger charge is -2.24. The van der Waals surface area contributed by atoms with E-state index in [1.807, 2.05) is 0 Å². The number of carbonyl (C=O) groups excluding carboxylic acids is 2. The van der Waals surface area contributed by atoms with Crippen molar-refractivity contribution in [3.63, 3.8) is 0 Å². The van der Waals surface area contributed by atoms with Crippen LogP contribution < -0.4 is 10.1 Å². The fourth-order valence-corrected chi connectivity index (χ4v) is 3.14. The number of halogens is 1. The Balaban J connectivity index is 1.57. The lowest BCUT2D eigenvalue weighted by atomic mass is 10.2. The van der Waals surface area contributed by atoms with Crippen LogP contribution >= 0.6 is 0 Å². The van der Waals surface area contributed by atoms with Crippen LogP contribution in [0, 0.1) is 5.82 Å². The predicted octanol–water partition coefficient (Wildman–Crippen LogP) is 3.58. The summed E-state index contributed by atoms with van der Waals surface area (Å²) in [7, 11) is 1.55. The van der Waals surface area contributed by atoms with Gasteiger partial charge in [-0.2, -0.15) is 0 Å². The van der Waals surface area contributed by atoms with Crippen LogP contribution in [-0.2, 0) is 14.3 Å². The highest BCUT2D eigenvalue weighted by Gasteiger charge is 2.33. The standard InChI is InChI=1S/C21H23FN2O4/c1-27-14-12-20(25)24-13-2-3-19(24)21(26)23-16-6-10-18(11-7-16)28-17-8-4-15(22)5-9-17/h4-11,19H,2-3,12-14H2,1H3,(H,23,26). The van der Waals surface area contributed by atoms with Gasteiger partial charge in [0.2, 0.25) is 11.8 Å². The average Bonchev–Trinajstić information content (AvgIpc) is 3.19. The number of benzene rings is 2. The lowest BCUT2D eigenvalue weighted by Crippen LogP contribution is -2.43. The van der Waals surface area contributed by atoms with E-state index in [9.17, 15) is 14.0 Å². The molecule has 1 atom stereocenters. The summed E-state index contributed by atoms with van der Waals surface area (Å²) in [4.78, 5) is 26.5. The van der Waals surface area contributed by atoms with Crippen LogP contribution in [0.5, 0.6) is 11.5 Å². The second kappa shape index (κ2) is 9.32. The van der Waals surface area contributed by atoms with E-state index in [0.717, 1.165) is 6.42 Å². The second-order valence-corrected chi connectivity index (χ2v) is 6.56. The molecule has 1 N–H and O–H groups in total. The first kappa shape index (κ1) is 19.8. The van der Waals surface area contributed by atoms with Crippen molar-refractivity contribution in [3.8, 4) is 11.5 Å². The number of hydrogen-bond donors (Lipinski definition) is 1. The molecule has 1 saturated heterocycles. The van der Waals surface area contributed by atoms with Gasteiger partial charge in [-0.15, -0.1) is 0 Å². The third-order valence-electron chi connectivity index (χ3n) is 4.57. The van der Waals surface area contributed by atoms with Gasteiger partial charge in [0, 0.05) is 19.3 Å². The van der Waals surface area contributed by atoms with Gasteiger partial charge in [0.05, 0.1) is 13.0 Å².